The Morgan fingerprint density at radius 3 is 2.31 bits per heavy atom. The molecule has 1 fully saturated rings. The normalized spacial score (nSPS) is 25.2. The van der Waals surface area contributed by atoms with Gasteiger partial charge in [-0.2, -0.15) is 5.10 Å². The summed E-state index contributed by atoms with van der Waals surface area (Å²) in [6, 6.07) is 32.7. The summed E-state index contributed by atoms with van der Waals surface area (Å²) in [5.74, 6) is -0.873. The first kappa shape index (κ1) is 36.1. The first-order valence-corrected chi connectivity index (χ1v) is 21.9. The zero-order chi connectivity index (χ0) is 37.8. The molecule has 8 rings (SSSR count). The van der Waals surface area contributed by atoms with Crippen LogP contribution in [0.25, 0.3) is 0 Å². The number of hydrogen-bond acceptors (Lipinski definition) is 7. The molecule has 54 heavy (non-hydrogen) atoms. The van der Waals surface area contributed by atoms with Gasteiger partial charge in [0.15, 0.2) is 13.9 Å². The molecule has 11 heteroatoms. The number of hydrazone groups is 1. The lowest BCUT2D eigenvalue weighted by Crippen LogP contribution is -2.48. The molecule has 0 saturated carbocycles. The number of aliphatic hydroxyl groups excluding tert-OH is 1. The average molecular weight is 743 g/mol. The minimum atomic E-state index is -3.00. The summed E-state index contributed by atoms with van der Waals surface area (Å²) in [5.41, 5.74) is 5.22. The van der Waals surface area contributed by atoms with Gasteiger partial charge < -0.3 is 24.4 Å². The summed E-state index contributed by atoms with van der Waals surface area (Å²) in [6.45, 7) is 6.17. The van der Waals surface area contributed by atoms with Crippen LogP contribution in [0.5, 0.6) is 0 Å². The topological polar surface area (TPSA) is 123 Å². The van der Waals surface area contributed by atoms with E-state index in [0.717, 1.165) is 39.2 Å². The molecule has 0 unspecified atom stereocenters. The molecule has 2 N–H and O–H groups in total. The molecule has 4 aliphatic rings. The third-order valence-corrected chi connectivity index (χ3v) is 14.3. The molecule has 0 radical (unpaired) electrons. The van der Waals surface area contributed by atoms with Gasteiger partial charge in [0.25, 0.3) is 5.91 Å². The molecular formula is C43H46N4O6Si. The smallest absolute Gasteiger partial charge is 0.264 e. The highest BCUT2D eigenvalue weighted by Gasteiger charge is 2.66. The number of nitrogens with zero attached hydrogens (tertiary/aromatic N) is 4. The number of rotatable bonds is 8. The van der Waals surface area contributed by atoms with Gasteiger partial charge in [-0.15, -0.1) is 0 Å². The van der Waals surface area contributed by atoms with Gasteiger partial charge in [0.2, 0.25) is 11.8 Å². The monoisotopic (exact) mass is 742 g/mol. The second-order valence-corrected chi connectivity index (χ2v) is 19.6. The Hall–Kier alpha value is -4.94. The number of para-hydroxylation sites is 1. The van der Waals surface area contributed by atoms with E-state index in [1.54, 1.807) is 9.80 Å². The van der Waals surface area contributed by atoms with E-state index in [9.17, 15) is 24.3 Å². The van der Waals surface area contributed by atoms with Gasteiger partial charge in [0.1, 0.15) is 0 Å². The largest absolute Gasteiger partial charge is 0.432 e. The second kappa shape index (κ2) is 14.0. The van der Waals surface area contributed by atoms with Crippen molar-refractivity contribution in [3.63, 3.8) is 0 Å². The highest BCUT2D eigenvalue weighted by Crippen LogP contribution is 2.59. The fourth-order valence-electron chi connectivity index (χ4n) is 9.24. The molecule has 4 aromatic carbocycles. The summed E-state index contributed by atoms with van der Waals surface area (Å²) >= 11 is 0. The van der Waals surface area contributed by atoms with Crippen molar-refractivity contribution in [2.75, 3.05) is 16.5 Å². The molecule has 4 heterocycles. The van der Waals surface area contributed by atoms with E-state index in [0.29, 0.717) is 31.5 Å². The summed E-state index contributed by atoms with van der Waals surface area (Å²) < 4.78 is 6.94. The first-order chi connectivity index (χ1) is 26.0. The zero-order valence-electron chi connectivity index (χ0n) is 30.9. The number of anilines is 2. The van der Waals surface area contributed by atoms with Crippen LogP contribution in [0.3, 0.4) is 0 Å². The van der Waals surface area contributed by atoms with Gasteiger partial charge in [0.05, 0.1) is 48.8 Å². The maximum Gasteiger partial charge on any atom is 0.264 e. The molecule has 4 aliphatic heterocycles. The van der Waals surface area contributed by atoms with Crippen molar-refractivity contribution in [1.29, 1.82) is 0 Å². The maximum atomic E-state index is 14.9. The van der Waals surface area contributed by atoms with Crippen LogP contribution in [0.15, 0.2) is 108 Å². The lowest BCUT2D eigenvalue weighted by atomic mass is 9.82. The summed E-state index contributed by atoms with van der Waals surface area (Å²) in [6.07, 6.45) is 0.802. The Labute approximate surface area is 316 Å². The van der Waals surface area contributed by atoms with E-state index in [-0.39, 0.29) is 43.3 Å². The second-order valence-electron chi connectivity index (χ2n) is 15.6. The Morgan fingerprint density at radius 2 is 1.59 bits per heavy atom. The highest BCUT2D eigenvalue weighted by atomic mass is 28.4. The van der Waals surface area contributed by atoms with Crippen LogP contribution in [-0.2, 0) is 44.2 Å². The van der Waals surface area contributed by atoms with Crippen LogP contribution in [0.4, 0.5) is 11.4 Å². The first-order valence-electron chi connectivity index (χ1n) is 18.8. The number of ether oxygens (including phenoxy) is 1. The van der Waals surface area contributed by atoms with Crippen LogP contribution in [0.1, 0.15) is 54.0 Å². The van der Waals surface area contributed by atoms with Gasteiger partial charge in [0, 0.05) is 36.4 Å². The Kier molecular flexibility index (Phi) is 9.37. The minimum absolute atomic E-state index is 0.00693. The van der Waals surface area contributed by atoms with Crippen LogP contribution < -0.4 is 9.91 Å². The third kappa shape index (κ3) is 6.18. The molecule has 5 atom stereocenters. The molecule has 3 amide bonds. The number of amides is 3. The predicted molar refractivity (Wildman–Crippen MR) is 209 cm³/mol. The van der Waals surface area contributed by atoms with Crippen LogP contribution in [0.2, 0.25) is 18.6 Å². The number of carbonyl (C=O) groups is 3. The Bertz CT molecular complexity index is 2120. The van der Waals surface area contributed by atoms with Crippen molar-refractivity contribution in [1.82, 2.24) is 4.90 Å². The molecule has 0 aromatic heterocycles. The number of carbonyl (C=O) groups excluding carboxylic acids is 3. The quantitative estimate of drug-likeness (QED) is 0.217. The van der Waals surface area contributed by atoms with Crippen LogP contribution in [0, 0.1) is 5.92 Å². The fourth-order valence-corrected chi connectivity index (χ4v) is 11.8. The number of aliphatic hydroxyl groups is 1. The van der Waals surface area contributed by atoms with Gasteiger partial charge in [-0.1, -0.05) is 91.9 Å². The predicted octanol–water partition coefficient (Wildman–Crippen LogP) is 5.90. The molecule has 4 aromatic rings. The van der Waals surface area contributed by atoms with Crippen molar-refractivity contribution in [2.45, 2.75) is 82.1 Å². The minimum Gasteiger partial charge on any atom is -0.432 e. The van der Waals surface area contributed by atoms with Crippen molar-refractivity contribution in [3.8, 4) is 0 Å². The lowest BCUT2D eigenvalue weighted by molar-refractivity contribution is -0.151. The standard InChI is InChI=1S/C43H46N4O6Si/c1-28-41(54(2,3)52)38(24-40(50)45-26-32-14-8-7-13-31(32)23-34(45)27-48)53-43(28)35-15-9-10-16-37(35)46(42(43)51)25-29-17-19-33(20-18-29)47-39(49)22-21-36(44-47)30-11-5-4-6-12-30/h4-20,28,34,38,41,48,52H,21-27H2,1-3H3/t28-,34+,38+,41-,43+/m1/s1. The lowest BCUT2D eigenvalue weighted by Gasteiger charge is -2.37. The van der Waals surface area contributed by atoms with Crippen molar-refractivity contribution < 1.29 is 29.0 Å². The highest BCUT2D eigenvalue weighted by molar-refractivity contribution is 6.71. The molecule has 1 spiro atoms. The van der Waals surface area contributed by atoms with Gasteiger partial charge in [-0.3, -0.25) is 14.4 Å². The fraction of sp³-hybridized carbons (Fsp3) is 0.349. The SMILES string of the molecule is C[C@@H]1[C@@H]([Si](C)(C)O)[C@H](CC(=O)N2Cc3ccccc3C[C@H]2CO)O[C@@]12C(=O)N(Cc1ccc(N3N=C(c4ccccc4)CCC3=O)cc1)c1ccccc12. The number of benzene rings is 4. The Balaban J connectivity index is 1.06. The molecular weight excluding hydrogens is 697 g/mol. The molecule has 10 nitrogen and oxygen atoms in total. The molecule has 0 aliphatic carbocycles. The molecule has 278 valence electrons. The van der Waals surface area contributed by atoms with E-state index in [1.807, 2.05) is 123 Å². The van der Waals surface area contributed by atoms with Crippen molar-refractivity contribution in [2.24, 2.45) is 11.0 Å². The van der Waals surface area contributed by atoms with E-state index in [4.69, 9.17) is 9.84 Å². The number of hydrogen-bond donors (Lipinski definition) is 2. The average Bonchev–Trinajstić information content (AvgIpc) is 3.61. The van der Waals surface area contributed by atoms with Crippen LogP contribution >= 0.6 is 0 Å². The summed E-state index contributed by atoms with van der Waals surface area (Å²) in [7, 11) is -3.00. The number of fused-ring (bicyclic) bond motifs is 3. The van der Waals surface area contributed by atoms with Gasteiger partial charge >= 0.3 is 0 Å². The van der Waals surface area contributed by atoms with E-state index < -0.39 is 31.5 Å². The molecule has 1 saturated heterocycles. The van der Waals surface area contributed by atoms with Crippen molar-refractivity contribution in [3.05, 3.63) is 131 Å². The van der Waals surface area contributed by atoms with E-state index in [2.05, 4.69) is 0 Å². The maximum absolute atomic E-state index is 14.9. The summed E-state index contributed by atoms with van der Waals surface area (Å²) in [5, 5.41) is 16.5. The van der Waals surface area contributed by atoms with Gasteiger partial charge in [-0.25, -0.2) is 5.01 Å². The van der Waals surface area contributed by atoms with Gasteiger partial charge in [-0.05, 0) is 60.0 Å². The van der Waals surface area contributed by atoms with Crippen molar-refractivity contribution >= 4 is 43.1 Å². The van der Waals surface area contributed by atoms with Crippen LogP contribution in [-0.4, -0.2) is 65.3 Å². The summed E-state index contributed by atoms with van der Waals surface area (Å²) in [4.78, 5) is 57.2. The van der Waals surface area contributed by atoms with E-state index >= 15 is 0 Å². The van der Waals surface area contributed by atoms with E-state index in [1.165, 1.54) is 5.01 Å². The third-order valence-electron chi connectivity index (χ3n) is 11.8. The molecule has 0 bridgehead atoms. The Morgan fingerprint density at radius 1 is 0.907 bits per heavy atom. The zero-order valence-corrected chi connectivity index (χ0v) is 31.9.